The van der Waals surface area contributed by atoms with Crippen LogP contribution in [0.15, 0.2) is 24.8 Å². The first-order valence-electron chi connectivity index (χ1n) is 6.82. The van der Waals surface area contributed by atoms with Crippen molar-refractivity contribution in [1.82, 2.24) is 19.5 Å². The van der Waals surface area contributed by atoms with E-state index in [9.17, 15) is 15.3 Å². The number of imidazole rings is 1. The Balaban J connectivity index is 2.07. The summed E-state index contributed by atoms with van der Waals surface area (Å²) in [5.74, 6) is 0. The van der Waals surface area contributed by atoms with Crippen LogP contribution >= 0.6 is 11.6 Å². The molecule has 0 amide bonds. The number of nitrogens with zero attached hydrogens (tertiary/aromatic N) is 4. The van der Waals surface area contributed by atoms with Gasteiger partial charge in [0.05, 0.1) is 12.9 Å². The molecule has 0 radical (unpaired) electrons. The summed E-state index contributed by atoms with van der Waals surface area (Å²) in [5.41, 5.74) is 4.92. The first-order chi connectivity index (χ1) is 11.0. The number of hydrogen-bond donors (Lipinski definition) is 4. The zero-order chi connectivity index (χ0) is 16.8. The molecule has 5 N–H and O–H groups in total. The van der Waals surface area contributed by atoms with Crippen LogP contribution < -0.4 is 5.73 Å². The monoisotopic (exact) mass is 341 g/mol. The van der Waals surface area contributed by atoms with E-state index in [0.29, 0.717) is 11.2 Å². The molecule has 23 heavy (non-hydrogen) atoms. The minimum atomic E-state index is -1.56. The van der Waals surface area contributed by atoms with Gasteiger partial charge < -0.3 is 25.8 Å². The highest BCUT2D eigenvalue weighted by Crippen LogP contribution is 2.41. The van der Waals surface area contributed by atoms with Crippen molar-refractivity contribution < 1.29 is 20.1 Å². The molecular weight excluding hydrogens is 326 g/mol. The van der Waals surface area contributed by atoms with Crippen LogP contribution in [0, 0.1) is 0 Å². The normalized spacial score (nSPS) is 30.9. The number of rotatable bonds is 4. The van der Waals surface area contributed by atoms with Gasteiger partial charge in [-0.1, -0.05) is 18.2 Å². The molecule has 1 aliphatic heterocycles. The summed E-state index contributed by atoms with van der Waals surface area (Å²) in [7, 11) is 0. The molecule has 2 aromatic heterocycles. The number of ether oxygens (including phenoxy) is 1. The fourth-order valence-electron chi connectivity index (χ4n) is 2.73. The maximum atomic E-state index is 10.4. The van der Waals surface area contributed by atoms with E-state index in [1.807, 2.05) is 0 Å². The Labute approximate surface area is 136 Å². The first kappa shape index (κ1) is 16.2. The lowest BCUT2D eigenvalue weighted by molar-refractivity contribution is -0.104. The van der Waals surface area contributed by atoms with Crippen molar-refractivity contribution in [3.05, 3.63) is 30.0 Å². The molecule has 0 aromatic carbocycles. The maximum Gasteiger partial charge on any atom is 0.167 e. The van der Waals surface area contributed by atoms with E-state index in [1.54, 1.807) is 0 Å². The zero-order valence-corrected chi connectivity index (χ0v) is 12.8. The average Bonchev–Trinajstić information content (AvgIpc) is 3.09. The maximum absolute atomic E-state index is 10.4. The highest BCUT2D eigenvalue weighted by molar-refractivity contribution is 6.33. The van der Waals surface area contributed by atoms with Gasteiger partial charge in [0.1, 0.15) is 29.7 Å². The van der Waals surface area contributed by atoms with Crippen LogP contribution in [-0.2, 0) is 4.74 Å². The van der Waals surface area contributed by atoms with Crippen molar-refractivity contribution >= 4 is 22.8 Å². The van der Waals surface area contributed by atoms with Crippen LogP contribution in [-0.4, -0.2) is 65.8 Å². The summed E-state index contributed by atoms with van der Waals surface area (Å²) in [6, 6.07) is 0. The van der Waals surface area contributed by atoms with Crippen molar-refractivity contribution in [3.63, 3.8) is 0 Å². The van der Waals surface area contributed by atoms with Gasteiger partial charge in [-0.3, -0.25) is 4.57 Å². The number of aliphatic hydroxyl groups is 3. The van der Waals surface area contributed by atoms with Gasteiger partial charge in [-0.05, 0) is 5.57 Å². The summed E-state index contributed by atoms with van der Waals surface area (Å²) in [4.78, 5) is 12.0. The molecule has 124 valence electrons. The fourth-order valence-corrected chi connectivity index (χ4v) is 2.90. The smallest absolute Gasteiger partial charge is 0.167 e. The standard InChI is InChI=1S/C13H16ClN5O4/c1-6(2-15)13(3-20)9(22)8(21)12(23-13)19-5-18-7-10(14)16-4-17-11(7)19/h4-5,8-9,12,20-22H,1-3,15H2/t8-,9?,12+,13-/m0/s1. The van der Waals surface area contributed by atoms with Crippen molar-refractivity contribution in [2.75, 3.05) is 13.2 Å². The quantitative estimate of drug-likeness (QED) is 0.409. The Morgan fingerprint density at radius 1 is 1.43 bits per heavy atom. The third-order valence-corrected chi connectivity index (χ3v) is 4.37. The van der Waals surface area contributed by atoms with E-state index < -0.39 is 30.6 Å². The summed E-state index contributed by atoms with van der Waals surface area (Å²) >= 11 is 5.95. The van der Waals surface area contributed by atoms with E-state index in [1.165, 1.54) is 17.2 Å². The highest BCUT2D eigenvalue weighted by atomic mass is 35.5. The van der Waals surface area contributed by atoms with Crippen LogP contribution in [0.1, 0.15) is 6.23 Å². The van der Waals surface area contributed by atoms with Gasteiger partial charge in [0, 0.05) is 6.54 Å². The molecule has 0 saturated carbocycles. The number of fused-ring (bicyclic) bond motifs is 1. The van der Waals surface area contributed by atoms with E-state index in [2.05, 4.69) is 21.5 Å². The van der Waals surface area contributed by atoms with Crippen LogP contribution in [0.2, 0.25) is 5.15 Å². The molecule has 1 fully saturated rings. The van der Waals surface area contributed by atoms with Crippen LogP contribution in [0.4, 0.5) is 0 Å². The number of nitrogens with two attached hydrogens (primary N) is 1. The van der Waals surface area contributed by atoms with Gasteiger partial charge >= 0.3 is 0 Å². The molecule has 0 bridgehead atoms. The lowest BCUT2D eigenvalue weighted by Gasteiger charge is -2.31. The minimum Gasteiger partial charge on any atom is -0.393 e. The first-order valence-corrected chi connectivity index (χ1v) is 7.20. The predicted molar refractivity (Wildman–Crippen MR) is 80.5 cm³/mol. The van der Waals surface area contributed by atoms with Crippen LogP contribution in [0.5, 0.6) is 0 Å². The molecule has 1 aliphatic rings. The molecule has 0 spiro atoms. The van der Waals surface area contributed by atoms with Crippen molar-refractivity contribution in [1.29, 1.82) is 0 Å². The Hall–Kier alpha value is -1.62. The predicted octanol–water partition coefficient (Wildman–Crippen LogP) is -1.02. The van der Waals surface area contributed by atoms with Gasteiger partial charge in [0.2, 0.25) is 0 Å². The Morgan fingerprint density at radius 2 is 2.17 bits per heavy atom. The zero-order valence-electron chi connectivity index (χ0n) is 12.0. The highest BCUT2D eigenvalue weighted by Gasteiger charge is 2.56. The minimum absolute atomic E-state index is 0.0181. The van der Waals surface area contributed by atoms with Crippen LogP contribution in [0.3, 0.4) is 0 Å². The largest absolute Gasteiger partial charge is 0.393 e. The van der Waals surface area contributed by atoms with Gasteiger partial charge in [0.15, 0.2) is 17.0 Å². The third kappa shape index (κ3) is 2.24. The molecule has 4 atom stereocenters. The summed E-state index contributed by atoms with van der Waals surface area (Å²) < 4.78 is 7.17. The van der Waals surface area contributed by atoms with Gasteiger partial charge in [-0.2, -0.15) is 0 Å². The van der Waals surface area contributed by atoms with E-state index in [-0.39, 0.29) is 17.3 Å². The summed E-state index contributed by atoms with van der Waals surface area (Å²) in [5, 5.41) is 30.6. The Kier molecular flexibility index (Phi) is 4.08. The van der Waals surface area contributed by atoms with Crippen LogP contribution in [0.25, 0.3) is 11.2 Å². The topological polar surface area (TPSA) is 140 Å². The lowest BCUT2D eigenvalue weighted by Crippen LogP contribution is -2.49. The van der Waals surface area contributed by atoms with Gasteiger partial charge in [0.25, 0.3) is 0 Å². The fraction of sp³-hybridized carbons (Fsp3) is 0.462. The van der Waals surface area contributed by atoms with Crippen molar-refractivity contribution in [3.8, 4) is 0 Å². The molecule has 2 aromatic rings. The second-order valence-electron chi connectivity index (χ2n) is 5.29. The molecule has 3 rings (SSSR count). The molecule has 10 heteroatoms. The van der Waals surface area contributed by atoms with E-state index in [4.69, 9.17) is 22.1 Å². The number of halogens is 1. The lowest BCUT2D eigenvalue weighted by atomic mass is 9.88. The number of hydrogen-bond acceptors (Lipinski definition) is 8. The molecule has 3 heterocycles. The molecule has 9 nitrogen and oxygen atoms in total. The number of aliphatic hydroxyl groups excluding tert-OH is 3. The van der Waals surface area contributed by atoms with Gasteiger partial charge in [-0.15, -0.1) is 0 Å². The Morgan fingerprint density at radius 3 is 2.83 bits per heavy atom. The summed E-state index contributed by atoms with van der Waals surface area (Å²) in [6.07, 6.45) is -1.19. The second kappa shape index (κ2) is 5.78. The third-order valence-electron chi connectivity index (χ3n) is 4.09. The average molecular weight is 342 g/mol. The molecular formula is C13H16ClN5O4. The molecule has 0 aliphatic carbocycles. The van der Waals surface area contributed by atoms with Crippen molar-refractivity contribution in [2.24, 2.45) is 5.73 Å². The van der Waals surface area contributed by atoms with Gasteiger partial charge in [-0.25, -0.2) is 15.0 Å². The van der Waals surface area contributed by atoms with Crippen molar-refractivity contribution in [2.45, 2.75) is 24.0 Å². The summed E-state index contributed by atoms with van der Waals surface area (Å²) in [6.45, 7) is 3.12. The SMILES string of the molecule is C=C(CN)[C@]1(CO)O[C@@H](n2cnc3c(Cl)ncnc32)[C@@H](O)C1O. The van der Waals surface area contributed by atoms with E-state index in [0.717, 1.165) is 0 Å². The number of aromatic nitrogens is 4. The van der Waals surface area contributed by atoms with E-state index >= 15 is 0 Å². The molecule has 1 unspecified atom stereocenters. The molecule has 1 saturated heterocycles. The second-order valence-corrected chi connectivity index (χ2v) is 5.65. The Bertz CT molecular complexity index is 753.